The average Bonchev–Trinajstić information content (AvgIpc) is 2.67. The SMILES string of the molecule is CC(C)(C)OC(=O)NCCC(=O)N1CCC(CNC(=O)Cc2ccc(Br)cc2)CC1. The number of amides is 3. The van der Waals surface area contributed by atoms with Crippen molar-refractivity contribution < 1.29 is 19.1 Å². The zero-order chi connectivity index (χ0) is 22.1. The van der Waals surface area contributed by atoms with Crippen molar-refractivity contribution in [1.82, 2.24) is 15.5 Å². The maximum atomic E-state index is 12.3. The second-order valence-corrected chi connectivity index (χ2v) is 9.53. The van der Waals surface area contributed by atoms with Crippen LogP contribution in [0.25, 0.3) is 0 Å². The summed E-state index contributed by atoms with van der Waals surface area (Å²) in [4.78, 5) is 37.9. The van der Waals surface area contributed by atoms with Gasteiger partial charge in [-0.15, -0.1) is 0 Å². The zero-order valence-corrected chi connectivity index (χ0v) is 19.6. The van der Waals surface area contributed by atoms with Crippen molar-refractivity contribution in [2.24, 2.45) is 5.92 Å². The molecule has 2 rings (SSSR count). The van der Waals surface area contributed by atoms with Gasteiger partial charge in [0.1, 0.15) is 5.60 Å². The lowest BCUT2D eigenvalue weighted by Crippen LogP contribution is -2.43. The first-order valence-corrected chi connectivity index (χ1v) is 11.2. The molecule has 0 aromatic heterocycles. The minimum absolute atomic E-state index is 0.0176. The Hall–Kier alpha value is -2.09. The summed E-state index contributed by atoms with van der Waals surface area (Å²) in [7, 11) is 0. The number of alkyl carbamates (subject to hydrolysis) is 1. The lowest BCUT2D eigenvalue weighted by atomic mass is 9.96. The lowest BCUT2D eigenvalue weighted by molar-refractivity contribution is -0.132. The Morgan fingerprint density at radius 2 is 1.73 bits per heavy atom. The van der Waals surface area contributed by atoms with Gasteiger partial charge in [0.2, 0.25) is 11.8 Å². The van der Waals surface area contributed by atoms with Crippen molar-refractivity contribution in [3.63, 3.8) is 0 Å². The normalized spacial score (nSPS) is 14.9. The largest absolute Gasteiger partial charge is 0.444 e. The van der Waals surface area contributed by atoms with Gasteiger partial charge < -0.3 is 20.3 Å². The molecule has 0 saturated carbocycles. The van der Waals surface area contributed by atoms with Crippen molar-refractivity contribution in [3.05, 3.63) is 34.3 Å². The topological polar surface area (TPSA) is 87.7 Å². The van der Waals surface area contributed by atoms with Crippen LogP contribution in [0.15, 0.2) is 28.7 Å². The van der Waals surface area contributed by atoms with E-state index in [0.717, 1.165) is 22.9 Å². The molecule has 166 valence electrons. The third-order valence-electron chi connectivity index (χ3n) is 4.84. The highest BCUT2D eigenvalue weighted by molar-refractivity contribution is 9.10. The number of likely N-dealkylation sites (tertiary alicyclic amines) is 1. The van der Waals surface area contributed by atoms with E-state index in [0.29, 0.717) is 32.0 Å². The smallest absolute Gasteiger partial charge is 0.407 e. The van der Waals surface area contributed by atoms with Crippen LogP contribution in [0.1, 0.15) is 45.6 Å². The first-order valence-electron chi connectivity index (χ1n) is 10.4. The van der Waals surface area contributed by atoms with E-state index < -0.39 is 11.7 Å². The average molecular weight is 482 g/mol. The molecule has 1 aliphatic heterocycles. The van der Waals surface area contributed by atoms with Crippen LogP contribution in [0.3, 0.4) is 0 Å². The summed E-state index contributed by atoms with van der Waals surface area (Å²) in [6.07, 6.45) is 1.85. The van der Waals surface area contributed by atoms with E-state index in [1.54, 1.807) is 20.8 Å². The van der Waals surface area contributed by atoms with E-state index in [1.807, 2.05) is 29.2 Å². The van der Waals surface area contributed by atoms with Crippen molar-refractivity contribution in [3.8, 4) is 0 Å². The number of carbonyl (C=O) groups excluding carboxylic acids is 3. The van der Waals surface area contributed by atoms with Gasteiger partial charge in [-0.2, -0.15) is 0 Å². The maximum absolute atomic E-state index is 12.3. The van der Waals surface area contributed by atoms with E-state index in [4.69, 9.17) is 4.74 Å². The quantitative estimate of drug-likeness (QED) is 0.625. The molecule has 2 N–H and O–H groups in total. The number of piperidine rings is 1. The first-order chi connectivity index (χ1) is 14.1. The molecule has 1 aromatic carbocycles. The number of carbonyl (C=O) groups is 3. The number of hydrogen-bond acceptors (Lipinski definition) is 4. The lowest BCUT2D eigenvalue weighted by Gasteiger charge is -2.32. The molecule has 0 atom stereocenters. The molecule has 3 amide bonds. The molecule has 0 bridgehead atoms. The van der Waals surface area contributed by atoms with Crippen molar-refractivity contribution in [2.75, 3.05) is 26.2 Å². The standard InChI is InChI=1S/C22H32BrN3O4/c1-22(2,3)30-21(29)24-11-8-20(28)26-12-9-17(10-13-26)15-25-19(27)14-16-4-6-18(23)7-5-16/h4-7,17H,8-15H2,1-3H3,(H,24,29)(H,25,27). The molecule has 8 heteroatoms. The fourth-order valence-electron chi connectivity index (χ4n) is 3.24. The highest BCUT2D eigenvalue weighted by atomic mass is 79.9. The Labute approximate surface area is 187 Å². The molecule has 30 heavy (non-hydrogen) atoms. The van der Waals surface area contributed by atoms with Gasteiger partial charge in [-0.3, -0.25) is 9.59 Å². The van der Waals surface area contributed by atoms with E-state index in [-0.39, 0.29) is 24.8 Å². The number of halogens is 1. The van der Waals surface area contributed by atoms with Crippen LogP contribution < -0.4 is 10.6 Å². The molecule has 0 aliphatic carbocycles. The fourth-order valence-corrected chi connectivity index (χ4v) is 3.50. The van der Waals surface area contributed by atoms with Crippen molar-refractivity contribution in [1.29, 1.82) is 0 Å². The van der Waals surface area contributed by atoms with Crippen LogP contribution >= 0.6 is 15.9 Å². The number of rotatable bonds is 7. The molecule has 1 heterocycles. The minimum atomic E-state index is -0.552. The molecule has 0 unspecified atom stereocenters. The number of ether oxygens (including phenoxy) is 1. The molecular weight excluding hydrogens is 450 g/mol. The van der Waals surface area contributed by atoms with E-state index in [2.05, 4.69) is 26.6 Å². The Morgan fingerprint density at radius 1 is 1.10 bits per heavy atom. The summed E-state index contributed by atoms with van der Waals surface area (Å²) in [5, 5.41) is 5.62. The van der Waals surface area contributed by atoms with Crippen molar-refractivity contribution >= 4 is 33.8 Å². The van der Waals surface area contributed by atoms with Gasteiger partial charge in [0.25, 0.3) is 0 Å². The zero-order valence-electron chi connectivity index (χ0n) is 18.0. The van der Waals surface area contributed by atoms with Gasteiger partial charge in [-0.25, -0.2) is 4.79 Å². The first kappa shape index (κ1) is 24.2. The van der Waals surface area contributed by atoms with Gasteiger partial charge in [0, 0.05) is 37.1 Å². The number of hydrogen-bond donors (Lipinski definition) is 2. The van der Waals surface area contributed by atoms with Gasteiger partial charge in [0.05, 0.1) is 6.42 Å². The van der Waals surface area contributed by atoms with Crippen LogP contribution in [0.5, 0.6) is 0 Å². The molecule has 1 saturated heterocycles. The second-order valence-electron chi connectivity index (χ2n) is 8.61. The molecular formula is C22H32BrN3O4. The number of benzene rings is 1. The molecule has 0 radical (unpaired) electrons. The van der Waals surface area contributed by atoms with Gasteiger partial charge in [0.15, 0.2) is 0 Å². The highest BCUT2D eigenvalue weighted by Gasteiger charge is 2.23. The predicted molar refractivity (Wildman–Crippen MR) is 119 cm³/mol. The van der Waals surface area contributed by atoms with Crippen molar-refractivity contribution in [2.45, 2.75) is 52.1 Å². The fraction of sp³-hybridized carbons (Fsp3) is 0.591. The Morgan fingerprint density at radius 3 is 2.33 bits per heavy atom. The Balaban J connectivity index is 1.61. The van der Waals surface area contributed by atoms with E-state index in [9.17, 15) is 14.4 Å². The Kier molecular flexibility index (Phi) is 9.14. The molecule has 0 spiro atoms. The predicted octanol–water partition coefficient (Wildman–Crippen LogP) is 3.26. The number of nitrogens with zero attached hydrogens (tertiary/aromatic N) is 1. The summed E-state index contributed by atoms with van der Waals surface area (Å²) >= 11 is 3.39. The molecule has 1 fully saturated rings. The summed E-state index contributed by atoms with van der Waals surface area (Å²) < 4.78 is 6.15. The van der Waals surface area contributed by atoms with Crippen LogP contribution in [0.2, 0.25) is 0 Å². The monoisotopic (exact) mass is 481 g/mol. The summed E-state index contributed by atoms with van der Waals surface area (Å²) in [6, 6.07) is 7.73. The summed E-state index contributed by atoms with van der Waals surface area (Å²) in [5.41, 5.74) is 0.431. The third-order valence-corrected chi connectivity index (χ3v) is 5.37. The van der Waals surface area contributed by atoms with Gasteiger partial charge in [-0.1, -0.05) is 28.1 Å². The number of nitrogens with one attached hydrogen (secondary N) is 2. The third kappa shape index (κ3) is 9.15. The highest BCUT2D eigenvalue weighted by Crippen LogP contribution is 2.17. The second kappa shape index (κ2) is 11.3. The molecule has 1 aromatic rings. The van der Waals surface area contributed by atoms with E-state index in [1.165, 1.54) is 0 Å². The Bertz CT molecular complexity index is 723. The van der Waals surface area contributed by atoms with Gasteiger partial charge >= 0.3 is 6.09 Å². The van der Waals surface area contributed by atoms with E-state index >= 15 is 0 Å². The van der Waals surface area contributed by atoms with Gasteiger partial charge in [-0.05, 0) is 57.2 Å². The van der Waals surface area contributed by atoms with Crippen LogP contribution in [0, 0.1) is 5.92 Å². The van der Waals surface area contributed by atoms with Crippen LogP contribution in [-0.2, 0) is 20.7 Å². The summed E-state index contributed by atoms with van der Waals surface area (Å²) in [5.74, 6) is 0.427. The van der Waals surface area contributed by atoms with Crippen LogP contribution in [0.4, 0.5) is 4.79 Å². The minimum Gasteiger partial charge on any atom is -0.444 e. The summed E-state index contributed by atoms with van der Waals surface area (Å²) in [6.45, 7) is 7.65. The van der Waals surface area contributed by atoms with Crippen LogP contribution in [-0.4, -0.2) is 54.6 Å². The molecule has 7 nitrogen and oxygen atoms in total. The maximum Gasteiger partial charge on any atom is 0.407 e. The molecule has 1 aliphatic rings.